The molecular formula is C22H41NO5. The summed E-state index contributed by atoms with van der Waals surface area (Å²) in [4.78, 5) is 36.2. The highest BCUT2D eigenvalue weighted by molar-refractivity contribution is 5.83. The quantitative estimate of drug-likeness (QED) is 0.307. The van der Waals surface area contributed by atoms with Crippen molar-refractivity contribution in [1.82, 2.24) is 5.32 Å². The van der Waals surface area contributed by atoms with Crippen molar-refractivity contribution < 1.29 is 23.9 Å². The van der Waals surface area contributed by atoms with E-state index in [1.165, 1.54) is 0 Å². The van der Waals surface area contributed by atoms with Gasteiger partial charge >= 0.3 is 11.9 Å². The summed E-state index contributed by atoms with van der Waals surface area (Å²) < 4.78 is 10.6. The Morgan fingerprint density at radius 2 is 1.36 bits per heavy atom. The molecule has 0 saturated heterocycles. The van der Waals surface area contributed by atoms with E-state index in [-0.39, 0.29) is 36.3 Å². The molecular weight excluding hydrogens is 358 g/mol. The first-order chi connectivity index (χ1) is 13.4. The van der Waals surface area contributed by atoms with Gasteiger partial charge in [-0.25, -0.2) is 0 Å². The molecule has 0 bridgehead atoms. The molecule has 0 fully saturated rings. The molecule has 0 rings (SSSR count). The minimum absolute atomic E-state index is 0.0341. The maximum atomic E-state index is 12.2. The number of hydrogen-bond acceptors (Lipinski definition) is 5. The fraction of sp³-hybridized carbons (Fsp3) is 0.864. The lowest BCUT2D eigenvalue weighted by Gasteiger charge is -2.18. The minimum atomic E-state index is -0.816. The van der Waals surface area contributed by atoms with E-state index in [4.69, 9.17) is 9.47 Å². The number of hydrogen-bond donors (Lipinski definition) is 1. The van der Waals surface area contributed by atoms with Gasteiger partial charge in [-0.2, -0.15) is 0 Å². The van der Waals surface area contributed by atoms with Crippen LogP contribution in [0.4, 0.5) is 0 Å². The highest BCUT2D eigenvalue weighted by atomic mass is 16.5. The molecule has 164 valence electrons. The van der Waals surface area contributed by atoms with Crippen LogP contribution < -0.4 is 5.32 Å². The molecule has 0 heterocycles. The molecule has 0 aliphatic rings. The molecule has 0 aromatic carbocycles. The van der Waals surface area contributed by atoms with E-state index in [0.717, 1.165) is 51.4 Å². The Bertz CT molecular complexity index is 452. The van der Waals surface area contributed by atoms with Gasteiger partial charge < -0.3 is 14.8 Å². The zero-order valence-corrected chi connectivity index (χ0v) is 18.6. The Labute approximate surface area is 171 Å². The van der Waals surface area contributed by atoms with Crippen LogP contribution in [0.25, 0.3) is 0 Å². The molecule has 0 radical (unpaired) electrons. The normalized spacial score (nSPS) is 14.0. The van der Waals surface area contributed by atoms with Gasteiger partial charge in [-0.05, 0) is 39.0 Å². The van der Waals surface area contributed by atoms with Crippen LogP contribution in [0.5, 0.6) is 0 Å². The molecule has 28 heavy (non-hydrogen) atoms. The molecule has 1 amide bonds. The van der Waals surface area contributed by atoms with Gasteiger partial charge in [-0.15, -0.1) is 0 Å². The van der Waals surface area contributed by atoms with E-state index in [9.17, 15) is 14.4 Å². The summed E-state index contributed by atoms with van der Waals surface area (Å²) in [5, 5.41) is 2.73. The summed E-state index contributed by atoms with van der Waals surface area (Å²) >= 11 is 0. The van der Waals surface area contributed by atoms with Crippen LogP contribution >= 0.6 is 0 Å². The standard InChI is InChI=1S/C22H41NO5/c1-6-10-13-18(8-3)21(25)27-16-12-15-23-20(24)17(5)28-22(26)19(9-4)14-11-7-2/h17-19H,6-16H2,1-5H3,(H,23,24)/t17-,18-,19-/m0/s1. The van der Waals surface area contributed by atoms with Gasteiger partial charge in [0.15, 0.2) is 6.10 Å². The van der Waals surface area contributed by atoms with Gasteiger partial charge in [0, 0.05) is 6.54 Å². The molecule has 6 heteroatoms. The largest absolute Gasteiger partial charge is 0.465 e. The zero-order chi connectivity index (χ0) is 21.4. The Balaban J connectivity index is 4.07. The number of unbranched alkanes of at least 4 members (excludes halogenated alkanes) is 2. The fourth-order valence-corrected chi connectivity index (χ4v) is 2.92. The van der Waals surface area contributed by atoms with Crippen LogP contribution in [0.2, 0.25) is 0 Å². The van der Waals surface area contributed by atoms with Crippen LogP contribution in [0.15, 0.2) is 0 Å². The Morgan fingerprint density at radius 1 is 0.821 bits per heavy atom. The summed E-state index contributed by atoms with van der Waals surface area (Å²) in [5.41, 5.74) is 0. The van der Waals surface area contributed by atoms with Gasteiger partial charge in [0.2, 0.25) is 0 Å². The van der Waals surface area contributed by atoms with Crippen LogP contribution in [0, 0.1) is 11.8 Å². The summed E-state index contributed by atoms with van der Waals surface area (Å²) in [6, 6.07) is 0. The van der Waals surface area contributed by atoms with E-state index in [1.54, 1.807) is 6.92 Å². The minimum Gasteiger partial charge on any atom is -0.465 e. The smallest absolute Gasteiger partial charge is 0.309 e. The molecule has 0 aromatic heterocycles. The maximum Gasteiger partial charge on any atom is 0.309 e. The van der Waals surface area contributed by atoms with Gasteiger partial charge in [-0.3, -0.25) is 14.4 Å². The number of esters is 2. The van der Waals surface area contributed by atoms with Crippen molar-refractivity contribution in [3.63, 3.8) is 0 Å². The predicted molar refractivity (Wildman–Crippen MR) is 111 cm³/mol. The third-order valence-electron chi connectivity index (χ3n) is 4.99. The highest BCUT2D eigenvalue weighted by Gasteiger charge is 2.23. The molecule has 0 spiro atoms. The number of rotatable bonds is 16. The Morgan fingerprint density at radius 3 is 1.86 bits per heavy atom. The summed E-state index contributed by atoms with van der Waals surface area (Å²) in [7, 11) is 0. The second kappa shape index (κ2) is 16.4. The van der Waals surface area contributed by atoms with Crippen molar-refractivity contribution >= 4 is 17.8 Å². The van der Waals surface area contributed by atoms with Crippen molar-refractivity contribution in [3.05, 3.63) is 0 Å². The predicted octanol–water partition coefficient (Wildman–Crippen LogP) is 4.40. The van der Waals surface area contributed by atoms with Gasteiger partial charge in [-0.1, -0.05) is 53.4 Å². The maximum absolute atomic E-state index is 12.2. The number of carbonyl (C=O) groups is 3. The summed E-state index contributed by atoms with van der Waals surface area (Å²) in [6.45, 7) is 10.4. The van der Waals surface area contributed by atoms with Crippen LogP contribution in [-0.4, -0.2) is 37.1 Å². The Kier molecular flexibility index (Phi) is 15.4. The first-order valence-corrected chi connectivity index (χ1v) is 11.1. The molecule has 0 saturated carbocycles. The van der Waals surface area contributed by atoms with Crippen molar-refractivity contribution in [2.45, 2.75) is 98.5 Å². The first-order valence-electron chi connectivity index (χ1n) is 11.1. The van der Waals surface area contributed by atoms with Crippen molar-refractivity contribution in [3.8, 4) is 0 Å². The molecule has 6 nitrogen and oxygen atoms in total. The third kappa shape index (κ3) is 11.3. The van der Waals surface area contributed by atoms with E-state index >= 15 is 0 Å². The molecule has 0 aliphatic carbocycles. The number of nitrogens with one attached hydrogen (secondary N) is 1. The Hall–Kier alpha value is -1.59. The monoisotopic (exact) mass is 399 g/mol. The van der Waals surface area contributed by atoms with Gasteiger partial charge in [0.1, 0.15) is 0 Å². The second-order valence-electron chi connectivity index (χ2n) is 7.39. The van der Waals surface area contributed by atoms with Crippen molar-refractivity contribution in [2.75, 3.05) is 13.2 Å². The van der Waals surface area contributed by atoms with Crippen molar-refractivity contribution in [1.29, 1.82) is 0 Å². The molecule has 3 atom stereocenters. The lowest BCUT2D eigenvalue weighted by molar-refractivity contribution is -0.159. The molecule has 0 aliphatic heterocycles. The van der Waals surface area contributed by atoms with Crippen LogP contribution in [0.3, 0.4) is 0 Å². The molecule has 1 N–H and O–H groups in total. The first kappa shape index (κ1) is 26.4. The fourth-order valence-electron chi connectivity index (χ4n) is 2.92. The topological polar surface area (TPSA) is 81.7 Å². The SMILES string of the molecule is CCCC[C@H](CC)C(=O)OCCCNC(=O)[C@H](C)OC(=O)[C@@H](CC)CCCC. The average Bonchev–Trinajstić information content (AvgIpc) is 2.68. The van der Waals surface area contributed by atoms with Gasteiger partial charge in [0.05, 0.1) is 18.4 Å². The second-order valence-corrected chi connectivity index (χ2v) is 7.39. The van der Waals surface area contributed by atoms with E-state index < -0.39 is 6.10 Å². The lowest BCUT2D eigenvalue weighted by Crippen LogP contribution is -2.37. The van der Waals surface area contributed by atoms with Crippen molar-refractivity contribution in [2.24, 2.45) is 11.8 Å². The summed E-state index contributed by atoms with van der Waals surface area (Å²) in [6.07, 6.45) is 6.98. The third-order valence-corrected chi connectivity index (χ3v) is 4.99. The average molecular weight is 400 g/mol. The lowest BCUT2D eigenvalue weighted by atomic mass is 10.00. The summed E-state index contributed by atoms with van der Waals surface area (Å²) in [5.74, 6) is -0.950. The zero-order valence-electron chi connectivity index (χ0n) is 18.6. The van der Waals surface area contributed by atoms with Crippen LogP contribution in [-0.2, 0) is 23.9 Å². The number of ether oxygens (including phenoxy) is 2. The van der Waals surface area contributed by atoms with Gasteiger partial charge in [0.25, 0.3) is 5.91 Å². The van der Waals surface area contributed by atoms with Crippen LogP contribution in [0.1, 0.15) is 92.4 Å². The highest BCUT2D eigenvalue weighted by Crippen LogP contribution is 2.16. The number of amides is 1. The van der Waals surface area contributed by atoms with E-state index in [1.807, 2.05) is 13.8 Å². The number of carbonyl (C=O) groups excluding carboxylic acids is 3. The van der Waals surface area contributed by atoms with E-state index in [0.29, 0.717) is 13.0 Å². The molecule has 0 aromatic rings. The molecule has 0 unspecified atom stereocenters. The van der Waals surface area contributed by atoms with E-state index in [2.05, 4.69) is 19.2 Å².